The first-order chi connectivity index (χ1) is 12.4. The normalized spacial score (nSPS) is 14.4. The van der Waals surface area contributed by atoms with E-state index < -0.39 is 10.0 Å². The number of amides is 1. The number of hydrogen-bond donors (Lipinski definition) is 0. The van der Waals surface area contributed by atoms with Gasteiger partial charge >= 0.3 is 0 Å². The number of pyridine rings is 1. The first-order valence-electron chi connectivity index (χ1n) is 8.28. The Morgan fingerprint density at radius 1 is 1.27 bits per heavy atom. The van der Waals surface area contributed by atoms with E-state index >= 15 is 0 Å². The highest BCUT2D eigenvalue weighted by Crippen LogP contribution is 2.31. The highest BCUT2D eigenvalue weighted by Gasteiger charge is 2.39. The molecule has 1 amide bonds. The van der Waals surface area contributed by atoms with Crippen molar-refractivity contribution < 1.29 is 17.6 Å². The number of halogens is 1. The summed E-state index contributed by atoms with van der Waals surface area (Å²) in [6.45, 7) is -0.0320. The molecule has 0 radical (unpaired) electrons. The number of benzene rings is 1. The van der Waals surface area contributed by atoms with Gasteiger partial charge in [-0.1, -0.05) is 12.1 Å². The molecule has 2 aromatic rings. The summed E-state index contributed by atoms with van der Waals surface area (Å²) in [7, 11) is -2.20. The summed E-state index contributed by atoms with van der Waals surface area (Å²) < 4.78 is 40.2. The van der Waals surface area contributed by atoms with Crippen LogP contribution in [0.4, 0.5) is 4.39 Å². The van der Waals surface area contributed by atoms with Crippen LogP contribution in [0.3, 0.4) is 0 Å². The number of sulfonamides is 1. The Balaban J connectivity index is 1.73. The molecule has 1 heterocycles. The van der Waals surface area contributed by atoms with Gasteiger partial charge in [0.25, 0.3) is 0 Å². The Morgan fingerprint density at radius 3 is 2.65 bits per heavy atom. The maximum absolute atomic E-state index is 13.3. The maximum atomic E-state index is 13.3. The second kappa shape index (κ2) is 7.51. The van der Waals surface area contributed by atoms with E-state index in [0.29, 0.717) is 5.56 Å². The molecule has 0 unspecified atom stereocenters. The summed E-state index contributed by atoms with van der Waals surface area (Å²) in [5.74, 6) is -0.712. The van der Waals surface area contributed by atoms with Crippen molar-refractivity contribution in [3.8, 4) is 0 Å². The molecule has 138 valence electrons. The summed E-state index contributed by atoms with van der Waals surface area (Å²) >= 11 is 0. The SMILES string of the molecule is CN(Cc1cccc(F)c1)C(=O)CN(C1CC1)S(=O)(=O)c1cccnc1. The lowest BCUT2D eigenvalue weighted by molar-refractivity contribution is -0.130. The molecular weight excluding hydrogens is 357 g/mol. The van der Waals surface area contributed by atoms with Crippen molar-refractivity contribution in [2.45, 2.75) is 30.3 Å². The van der Waals surface area contributed by atoms with Crippen molar-refractivity contribution in [1.29, 1.82) is 0 Å². The van der Waals surface area contributed by atoms with Gasteiger partial charge in [-0.3, -0.25) is 9.78 Å². The number of hydrogen-bond acceptors (Lipinski definition) is 4. The molecule has 1 aromatic carbocycles. The average Bonchev–Trinajstić information content (AvgIpc) is 3.45. The molecule has 26 heavy (non-hydrogen) atoms. The van der Waals surface area contributed by atoms with Gasteiger partial charge in [-0.25, -0.2) is 12.8 Å². The van der Waals surface area contributed by atoms with Crippen molar-refractivity contribution in [1.82, 2.24) is 14.2 Å². The molecule has 6 nitrogen and oxygen atoms in total. The van der Waals surface area contributed by atoms with E-state index in [-0.39, 0.29) is 35.8 Å². The summed E-state index contributed by atoms with van der Waals surface area (Å²) in [6.07, 6.45) is 4.25. The molecule has 1 aliphatic carbocycles. The van der Waals surface area contributed by atoms with E-state index in [9.17, 15) is 17.6 Å². The number of carbonyl (C=O) groups excluding carboxylic acids is 1. The van der Waals surface area contributed by atoms with Gasteiger partial charge in [0, 0.05) is 32.0 Å². The maximum Gasteiger partial charge on any atom is 0.245 e. The second-order valence-corrected chi connectivity index (χ2v) is 8.24. The molecule has 1 aliphatic rings. The van der Waals surface area contributed by atoms with Crippen LogP contribution in [0.25, 0.3) is 0 Å². The smallest absolute Gasteiger partial charge is 0.245 e. The lowest BCUT2D eigenvalue weighted by atomic mass is 10.2. The third-order valence-electron chi connectivity index (χ3n) is 4.22. The number of carbonyl (C=O) groups is 1. The van der Waals surface area contributed by atoms with Crippen molar-refractivity contribution in [3.63, 3.8) is 0 Å². The summed E-state index contributed by atoms with van der Waals surface area (Å²) in [5, 5.41) is 0. The third kappa shape index (κ3) is 4.25. The Hall–Kier alpha value is -2.32. The van der Waals surface area contributed by atoms with Gasteiger partial charge in [-0.2, -0.15) is 4.31 Å². The summed E-state index contributed by atoms with van der Waals surface area (Å²) in [6, 6.07) is 8.85. The predicted molar refractivity (Wildman–Crippen MR) is 94.0 cm³/mol. The van der Waals surface area contributed by atoms with E-state index in [4.69, 9.17) is 0 Å². The van der Waals surface area contributed by atoms with E-state index in [0.717, 1.165) is 12.8 Å². The zero-order valence-corrected chi connectivity index (χ0v) is 15.2. The lowest BCUT2D eigenvalue weighted by Crippen LogP contribution is -2.42. The minimum atomic E-state index is -3.78. The van der Waals surface area contributed by atoms with E-state index in [1.54, 1.807) is 25.2 Å². The van der Waals surface area contributed by atoms with E-state index in [2.05, 4.69) is 4.98 Å². The van der Waals surface area contributed by atoms with Crippen molar-refractivity contribution in [3.05, 3.63) is 60.2 Å². The Bertz CT molecular complexity index is 886. The van der Waals surface area contributed by atoms with E-state index in [1.807, 2.05) is 0 Å². The minimum Gasteiger partial charge on any atom is -0.340 e. The average molecular weight is 377 g/mol. The molecule has 3 rings (SSSR count). The molecular formula is C18H20FN3O3S. The van der Waals surface area contributed by atoms with Gasteiger partial charge in [0.1, 0.15) is 10.7 Å². The summed E-state index contributed by atoms with van der Waals surface area (Å²) in [4.78, 5) is 17.9. The molecule has 1 fully saturated rings. The molecule has 0 saturated heterocycles. The fraction of sp³-hybridized carbons (Fsp3) is 0.333. The molecule has 0 N–H and O–H groups in total. The Labute approximate surface area is 152 Å². The van der Waals surface area contributed by atoms with Crippen LogP contribution in [-0.4, -0.2) is 48.1 Å². The van der Waals surface area contributed by atoms with Crippen LogP contribution in [-0.2, 0) is 21.4 Å². The van der Waals surface area contributed by atoms with Crippen molar-refractivity contribution in [2.24, 2.45) is 0 Å². The fourth-order valence-corrected chi connectivity index (χ4v) is 4.26. The van der Waals surface area contributed by atoms with Gasteiger partial charge in [-0.05, 0) is 42.7 Å². The predicted octanol–water partition coefficient (Wildman–Crippen LogP) is 2.03. The Kier molecular flexibility index (Phi) is 5.33. The summed E-state index contributed by atoms with van der Waals surface area (Å²) in [5.41, 5.74) is 0.647. The van der Waals surface area contributed by atoms with Crippen LogP contribution in [0.5, 0.6) is 0 Å². The fourth-order valence-electron chi connectivity index (χ4n) is 2.66. The molecule has 1 saturated carbocycles. The van der Waals surface area contributed by atoms with Gasteiger partial charge in [-0.15, -0.1) is 0 Å². The monoisotopic (exact) mass is 377 g/mol. The van der Waals surface area contributed by atoms with Crippen LogP contribution in [0.1, 0.15) is 18.4 Å². The van der Waals surface area contributed by atoms with Crippen LogP contribution < -0.4 is 0 Å². The van der Waals surface area contributed by atoms with Crippen LogP contribution in [0.15, 0.2) is 53.7 Å². The molecule has 8 heteroatoms. The molecule has 0 atom stereocenters. The third-order valence-corrected chi connectivity index (χ3v) is 6.10. The van der Waals surface area contributed by atoms with Crippen LogP contribution in [0.2, 0.25) is 0 Å². The standard InChI is InChI=1S/C18H20FN3O3S/c1-21(12-14-4-2-5-15(19)10-14)18(23)13-22(16-7-8-16)26(24,25)17-6-3-9-20-11-17/h2-6,9-11,16H,7-8,12-13H2,1H3. The van der Waals surface area contributed by atoms with Crippen molar-refractivity contribution in [2.75, 3.05) is 13.6 Å². The molecule has 0 spiro atoms. The number of aromatic nitrogens is 1. The minimum absolute atomic E-state index is 0.0764. The highest BCUT2D eigenvalue weighted by atomic mass is 32.2. The second-order valence-electron chi connectivity index (χ2n) is 6.35. The van der Waals surface area contributed by atoms with E-state index in [1.165, 1.54) is 39.8 Å². The Morgan fingerprint density at radius 2 is 2.04 bits per heavy atom. The van der Waals surface area contributed by atoms with Crippen LogP contribution >= 0.6 is 0 Å². The largest absolute Gasteiger partial charge is 0.340 e. The molecule has 1 aromatic heterocycles. The zero-order valence-electron chi connectivity index (χ0n) is 14.4. The first-order valence-corrected chi connectivity index (χ1v) is 9.72. The first kappa shape index (κ1) is 18.5. The number of likely N-dealkylation sites (N-methyl/N-ethyl adjacent to an activating group) is 1. The lowest BCUT2D eigenvalue weighted by Gasteiger charge is -2.24. The van der Waals surface area contributed by atoms with Gasteiger partial charge in [0.2, 0.25) is 15.9 Å². The van der Waals surface area contributed by atoms with Gasteiger partial charge < -0.3 is 4.90 Å². The molecule has 0 aliphatic heterocycles. The zero-order chi connectivity index (χ0) is 18.7. The van der Waals surface area contributed by atoms with Gasteiger partial charge in [0.15, 0.2) is 0 Å². The highest BCUT2D eigenvalue weighted by molar-refractivity contribution is 7.89. The number of nitrogens with zero attached hydrogens (tertiary/aromatic N) is 3. The van der Waals surface area contributed by atoms with Gasteiger partial charge in [0.05, 0.1) is 6.54 Å². The number of rotatable bonds is 7. The van der Waals surface area contributed by atoms with Crippen LogP contribution in [0, 0.1) is 5.82 Å². The quantitative estimate of drug-likeness (QED) is 0.740. The van der Waals surface area contributed by atoms with Crippen molar-refractivity contribution >= 4 is 15.9 Å². The topological polar surface area (TPSA) is 70.6 Å². The molecule has 0 bridgehead atoms.